The molecule has 5 rings (SSSR count). The van der Waals surface area contributed by atoms with Crippen molar-refractivity contribution in [3.63, 3.8) is 0 Å². The summed E-state index contributed by atoms with van der Waals surface area (Å²) in [5.74, 6) is -0.912. The van der Waals surface area contributed by atoms with Crippen LogP contribution in [-0.4, -0.2) is 72.1 Å². The lowest BCUT2D eigenvalue weighted by atomic mass is 10.1. The summed E-state index contributed by atoms with van der Waals surface area (Å²) in [6.45, 7) is -1.15. The van der Waals surface area contributed by atoms with Gasteiger partial charge in [0.05, 0.1) is 40.8 Å². The van der Waals surface area contributed by atoms with Crippen LogP contribution in [0.2, 0.25) is 0 Å². The smallest absolute Gasteiger partial charge is 0.387 e. The van der Waals surface area contributed by atoms with E-state index >= 15 is 0 Å². The van der Waals surface area contributed by atoms with Gasteiger partial charge in [0.15, 0.2) is 9.84 Å². The van der Waals surface area contributed by atoms with E-state index in [2.05, 4.69) is 20.1 Å². The van der Waals surface area contributed by atoms with Gasteiger partial charge in [-0.1, -0.05) is 12.1 Å². The van der Waals surface area contributed by atoms with Crippen molar-refractivity contribution in [3.8, 4) is 17.0 Å². The van der Waals surface area contributed by atoms with E-state index in [1.807, 2.05) is 0 Å². The number of hydrogen-bond donors (Lipinski definition) is 1. The minimum absolute atomic E-state index is 0.0701. The molecule has 2 aliphatic heterocycles. The summed E-state index contributed by atoms with van der Waals surface area (Å²) in [7, 11) is -3.17. The second kappa shape index (κ2) is 9.04. The van der Waals surface area contributed by atoms with E-state index in [1.165, 1.54) is 35.1 Å². The van der Waals surface area contributed by atoms with Gasteiger partial charge in [0.1, 0.15) is 23.1 Å². The van der Waals surface area contributed by atoms with Crippen LogP contribution in [0.5, 0.6) is 5.75 Å². The van der Waals surface area contributed by atoms with Crippen molar-refractivity contribution >= 4 is 26.8 Å². The summed E-state index contributed by atoms with van der Waals surface area (Å²) in [5, 5.41) is 7.31. The van der Waals surface area contributed by atoms with Gasteiger partial charge >= 0.3 is 6.61 Å². The highest BCUT2D eigenvalue weighted by Gasteiger charge is 2.45. The second-order valence-electron chi connectivity index (χ2n) is 9.29. The molecule has 2 saturated heterocycles. The largest absolute Gasteiger partial charge is 0.435 e. The molecule has 0 saturated carbocycles. The Bertz CT molecular complexity index is 1420. The maximum atomic E-state index is 14.8. The monoisotopic (exact) mass is 524 g/mol. The third-order valence-corrected chi connectivity index (χ3v) is 8.35. The standard InChI is InChI=1S/C23H23F3N4O5S/c1-23(11-36(32,33)12-23)28-21(31)14-8-18-20(27-9-14)19(13-3-2-4-15(7-13)35-22(25)26)29-30(18)17-5-6-34-10-16(17)24/h2-4,7-9,16-17,22H,5-6,10-12H2,1H3,(H,28,31). The topological polar surface area (TPSA) is 112 Å². The van der Waals surface area contributed by atoms with Crippen LogP contribution in [0, 0.1) is 0 Å². The number of carbonyl (C=O) groups excluding carboxylic acids is 1. The fraction of sp³-hybridized carbons (Fsp3) is 0.435. The van der Waals surface area contributed by atoms with Crippen LogP contribution in [0.1, 0.15) is 29.7 Å². The number of benzene rings is 1. The first kappa shape index (κ1) is 24.5. The van der Waals surface area contributed by atoms with Crippen molar-refractivity contribution < 1.29 is 35.9 Å². The molecule has 0 radical (unpaired) electrons. The number of alkyl halides is 3. The molecular formula is C23H23F3N4O5S. The van der Waals surface area contributed by atoms with E-state index in [4.69, 9.17) is 4.74 Å². The zero-order valence-electron chi connectivity index (χ0n) is 19.2. The summed E-state index contributed by atoms with van der Waals surface area (Å²) in [6.07, 6.45) is 0.290. The van der Waals surface area contributed by atoms with E-state index in [1.54, 1.807) is 13.0 Å². The molecule has 1 amide bonds. The van der Waals surface area contributed by atoms with Crippen LogP contribution in [0.15, 0.2) is 36.5 Å². The van der Waals surface area contributed by atoms with Crippen molar-refractivity contribution in [1.29, 1.82) is 0 Å². The number of halogens is 3. The Balaban J connectivity index is 1.56. The highest BCUT2D eigenvalue weighted by atomic mass is 32.2. The molecule has 2 unspecified atom stereocenters. The van der Waals surface area contributed by atoms with Crippen molar-refractivity contribution in [1.82, 2.24) is 20.1 Å². The van der Waals surface area contributed by atoms with Crippen LogP contribution in [0.25, 0.3) is 22.3 Å². The summed E-state index contributed by atoms with van der Waals surface area (Å²) < 4.78 is 74.7. The summed E-state index contributed by atoms with van der Waals surface area (Å²) in [6, 6.07) is 6.76. The second-order valence-corrected chi connectivity index (χ2v) is 11.3. The number of rotatable bonds is 6. The molecule has 2 aliphatic rings. The number of pyridine rings is 1. The molecular weight excluding hydrogens is 501 g/mol. The normalized spacial score (nSPS) is 22.8. The molecule has 1 N–H and O–H groups in total. The Morgan fingerprint density at radius 2 is 2.08 bits per heavy atom. The zero-order valence-corrected chi connectivity index (χ0v) is 20.0. The van der Waals surface area contributed by atoms with Gasteiger partial charge in [-0.3, -0.25) is 14.5 Å². The molecule has 9 nitrogen and oxygen atoms in total. The molecule has 2 fully saturated rings. The van der Waals surface area contributed by atoms with Gasteiger partial charge in [0, 0.05) is 18.4 Å². The molecule has 0 aliphatic carbocycles. The number of aromatic nitrogens is 3. The first-order chi connectivity index (χ1) is 17.0. The van der Waals surface area contributed by atoms with Gasteiger partial charge in [0.2, 0.25) is 0 Å². The molecule has 3 aromatic rings. The maximum Gasteiger partial charge on any atom is 0.387 e. The van der Waals surface area contributed by atoms with E-state index in [9.17, 15) is 26.4 Å². The summed E-state index contributed by atoms with van der Waals surface area (Å²) in [4.78, 5) is 17.3. The third kappa shape index (κ3) is 4.76. The maximum absolute atomic E-state index is 14.8. The lowest BCUT2D eigenvalue weighted by Gasteiger charge is -2.38. The SMILES string of the molecule is CC1(NC(=O)c2cnc3c(-c4cccc(OC(F)F)c4)nn(C4CCOCC4F)c3c2)CS(=O)(=O)C1. The minimum Gasteiger partial charge on any atom is -0.435 e. The molecule has 36 heavy (non-hydrogen) atoms. The van der Waals surface area contributed by atoms with Gasteiger partial charge in [-0.2, -0.15) is 13.9 Å². The van der Waals surface area contributed by atoms with Crippen LogP contribution in [0.3, 0.4) is 0 Å². The Labute approximate surface area is 204 Å². The average Bonchev–Trinajstić information content (AvgIpc) is 3.16. The Morgan fingerprint density at radius 1 is 1.31 bits per heavy atom. The highest BCUT2D eigenvalue weighted by molar-refractivity contribution is 7.93. The van der Waals surface area contributed by atoms with Crippen molar-refractivity contribution in [2.75, 3.05) is 24.7 Å². The van der Waals surface area contributed by atoms with Crippen LogP contribution >= 0.6 is 0 Å². The zero-order chi connectivity index (χ0) is 25.7. The Morgan fingerprint density at radius 3 is 2.78 bits per heavy atom. The molecule has 0 spiro atoms. The average molecular weight is 525 g/mol. The van der Waals surface area contributed by atoms with Gasteiger partial charge < -0.3 is 14.8 Å². The summed E-state index contributed by atoms with van der Waals surface area (Å²) in [5.41, 5.74) is 0.726. The highest BCUT2D eigenvalue weighted by Crippen LogP contribution is 2.34. The molecule has 192 valence electrons. The van der Waals surface area contributed by atoms with Crippen LogP contribution < -0.4 is 10.1 Å². The predicted octanol–water partition coefficient (Wildman–Crippen LogP) is 2.92. The van der Waals surface area contributed by atoms with Gasteiger partial charge in [-0.15, -0.1) is 0 Å². The quantitative estimate of drug-likeness (QED) is 0.528. The van der Waals surface area contributed by atoms with E-state index in [-0.39, 0.29) is 29.4 Å². The lowest BCUT2D eigenvalue weighted by Crippen LogP contribution is -2.63. The number of nitrogens with zero attached hydrogens (tertiary/aromatic N) is 3. The molecule has 4 heterocycles. The number of amides is 1. The summed E-state index contributed by atoms with van der Waals surface area (Å²) >= 11 is 0. The number of fused-ring (bicyclic) bond motifs is 1. The van der Waals surface area contributed by atoms with E-state index in [0.717, 1.165) is 0 Å². The third-order valence-electron chi connectivity index (χ3n) is 6.20. The van der Waals surface area contributed by atoms with E-state index in [0.29, 0.717) is 35.3 Å². The van der Waals surface area contributed by atoms with Crippen molar-refractivity contribution in [2.24, 2.45) is 0 Å². The Hall–Kier alpha value is -3.19. The number of nitrogens with one attached hydrogen (secondary N) is 1. The van der Waals surface area contributed by atoms with Crippen LogP contribution in [-0.2, 0) is 14.6 Å². The molecule has 0 bridgehead atoms. The number of sulfone groups is 1. The molecule has 2 aromatic heterocycles. The minimum atomic E-state index is -3.17. The van der Waals surface area contributed by atoms with Crippen LogP contribution in [0.4, 0.5) is 13.2 Å². The molecule has 13 heteroatoms. The fourth-order valence-electron chi connectivity index (χ4n) is 4.72. The lowest BCUT2D eigenvalue weighted by molar-refractivity contribution is -0.0498. The number of ether oxygens (including phenoxy) is 2. The fourth-order valence-corrected chi connectivity index (χ4v) is 6.73. The first-order valence-corrected chi connectivity index (χ1v) is 13.0. The van der Waals surface area contributed by atoms with Gasteiger partial charge in [-0.25, -0.2) is 12.8 Å². The number of carbonyl (C=O) groups is 1. The van der Waals surface area contributed by atoms with Gasteiger partial charge in [-0.05, 0) is 31.5 Å². The predicted molar refractivity (Wildman–Crippen MR) is 123 cm³/mol. The first-order valence-electron chi connectivity index (χ1n) is 11.2. The molecule has 1 aromatic carbocycles. The molecule has 2 atom stereocenters. The Kier molecular flexibility index (Phi) is 6.15. The van der Waals surface area contributed by atoms with Crippen molar-refractivity contribution in [2.45, 2.75) is 37.7 Å². The van der Waals surface area contributed by atoms with Crippen molar-refractivity contribution in [3.05, 3.63) is 42.1 Å². The number of hydrogen-bond acceptors (Lipinski definition) is 7. The van der Waals surface area contributed by atoms with Gasteiger partial charge in [0.25, 0.3) is 5.91 Å². The van der Waals surface area contributed by atoms with E-state index < -0.39 is 40.1 Å².